The van der Waals surface area contributed by atoms with Crippen molar-refractivity contribution in [2.75, 3.05) is 30.4 Å². The van der Waals surface area contributed by atoms with Gasteiger partial charge in [0.2, 0.25) is 5.91 Å². The zero-order valence-corrected chi connectivity index (χ0v) is 22.4. The van der Waals surface area contributed by atoms with E-state index in [1.54, 1.807) is 5.01 Å². The molecule has 1 fully saturated rings. The fourth-order valence-corrected chi connectivity index (χ4v) is 5.43. The van der Waals surface area contributed by atoms with Crippen LogP contribution in [0, 0.1) is 5.92 Å². The summed E-state index contributed by atoms with van der Waals surface area (Å²) >= 11 is 0. The van der Waals surface area contributed by atoms with Crippen LogP contribution >= 0.6 is 0 Å². The Hall–Kier alpha value is -4.44. The molecule has 0 saturated carbocycles. The molecule has 6 N–H and O–H groups in total. The van der Waals surface area contributed by atoms with Crippen LogP contribution in [0.15, 0.2) is 78.0 Å². The maximum Gasteiger partial charge on any atom is 0.231 e. The molecule has 1 aromatic carbocycles. The number of nitrogens with two attached hydrogens (primary N) is 3. The fourth-order valence-electron chi connectivity index (χ4n) is 5.43. The Balaban J connectivity index is 0.00000151. The van der Waals surface area contributed by atoms with Crippen molar-refractivity contribution in [2.24, 2.45) is 22.5 Å². The molecule has 1 aliphatic carbocycles. The summed E-state index contributed by atoms with van der Waals surface area (Å²) in [7, 11) is 0. The Labute approximate surface area is 228 Å². The molecule has 39 heavy (non-hydrogen) atoms. The lowest BCUT2D eigenvalue weighted by molar-refractivity contribution is -0.119. The number of carbonyl (C=O) groups excluding carboxylic acids is 1. The summed E-state index contributed by atoms with van der Waals surface area (Å²) < 4.78 is 1.92. The van der Waals surface area contributed by atoms with Gasteiger partial charge in [-0.2, -0.15) is 10.2 Å². The summed E-state index contributed by atoms with van der Waals surface area (Å²) in [6.45, 7) is 5.91. The van der Waals surface area contributed by atoms with E-state index in [-0.39, 0.29) is 17.7 Å². The van der Waals surface area contributed by atoms with Gasteiger partial charge in [-0.15, -0.1) is 0 Å². The van der Waals surface area contributed by atoms with Crippen molar-refractivity contribution in [3.63, 3.8) is 0 Å². The van der Waals surface area contributed by atoms with Gasteiger partial charge < -0.3 is 17.2 Å². The van der Waals surface area contributed by atoms with E-state index in [4.69, 9.17) is 22.3 Å². The van der Waals surface area contributed by atoms with E-state index in [1.807, 2.05) is 54.8 Å². The average Bonchev–Trinajstić information content (AvgIpc) is 3.35. The number of allylic oxidation sites excluding steroid dienone is 5. The normalized spacial score (nSPS) is 19.5. The van der Waals surface area contributed by atoms with Gasteiger partial charge in [-0.25, -0.2) is 14.5 Å². The molecule has 6 rings (SSSR count). The predicted molar refractivity (Wildman–Crippen MR) is 156 cm³/mol. The van der Waals surface area contributed by atoms with Crippen molar-refractivity contribution in [1.82, 2.24) is 19.5 Å². The first-order valence-corrected chi connectivity index (χ1v) is 13.4. The lowest BCUT2D eigenvalue weighted by atomic mass is 9.89. The Bertz CT molecular complexity index is 1480. The van der Waals surface area contributed by atoms with E-state index < -0.39 is 0 Å². The van der Waals surface area contributed by atoms with E-state index in [0.29, 0.717) is 18.2 Å². The number of hydrogen-bond acceptors (Lipinski definition) is 8. The zero-order valence-electron chi connectivity index (χ0n) is 22.4. The van der Waals surface area contributed by atoms with E-state index in [0.717, 1.165) is 59.7 Å². The second-order valence-corrected chi connectivity index (χ2v) is 9.65. The van der Waals surface area contributed by atoms with Crippen LogP contribution in [-0.2, 0) is 4.79 Å². The number of anilines is 2. The third-order valence-electron chi connectivity index (χ3n) is 7.25. The van der Waals surface area contributed by atoms with E-state index in [2.05, 4.69) is 39.3 Å². The number of carbonyl (C=O) groups is 1. The largest absolute Gasteiger partial charge is 0.384 e. The number of piperidine rings is 1. The number of hydrogen-bond donors (Lipinski definition) is 3. The summed E-state index contributed by atoms with van der Waals surface area (Å²) in [5, 5.41) is 11.2. The fraction of sp³-hybridized carbons (Fsp3) is 0.310. The first-order valence-electron chi connectivity index (χ1n) is 13.4. The lowest BCUT2D eigenvalue weighted by Crippen LogP contribution is -2.39. The highest BCUT2D eigenvalue weighted by atomic mass is 16.1. The molecule has 10 heteroatoms. The van der Waals surface area contributed by atoms with Crippen LogP contribution in [0.2, 0.25) is 0 Å². The number of nitrogens with zero attached hydrogens (tertiary/aromatic N) is 6. The van der Waals surface area contributed by atoms with E-state index in [9.17, 15) is 4.79 Å². The van der Waals surface area contributed by atoms with Crippen LogP contribution in [0.1, 0.15) is 43.9 Å². The number of primary amides is 1. The molecule has 1 unspecified atom stereocenters. The number of hydrazone groups is 1. The smallest absolute Gasteiger partial charge is 0.231 e. The number of rotatable bonds is 5. The molecular weight excluding hydrogens is 490 g/mol. The molecule has 0 bridgehead atoms. The maximum absolute atomic E-state index is 11.3. The van der Waals surface area contributed by atoms with Crippen LogP contribution in [-0.4, -0.2) is 50.8 Å². The van der Waals surface area contributed by atoms with E-state index in [1.165, 1.54) is 6.33 Å². The van der Waals surface area contributed by atoms with Crippen molar-refractivity contribution >= 4 is 34.2 Å². The van der Waals surface area contributed by atoms with Gasteiger partial charge in [-0.1, -0.05) is 44.2 Å². The number of nitrogen functional groups attached to an aromatic ring is 1. The number of aromatic nitrogens is 3. The summed E-state index contributed by atoms with van der Waals surface area (Å²) in [6.07, 6.45) is 11.6. The molecule has 0 radical (unpaired) electrons. The maximum atomic E-state index is 11.3. The summed E-state index contributed by atoms with van der Waals surface area (Å²) in [5.41, 5.74) is 23.8. The second-order valence-electron chi connectivity index (χ2n) is 9.65. The molecule has 0 spiro atoms. The molecule has 3 aromatic rings. The predicted octanol–water partition coefficient (Wildman–Crippen LogP) is 3.25. The summed E-state index contributed by atoms with van der Waals surface area (Å²) in [6, 6.07) is 12.0. The Morgan fingerprint density at radius 1 is 1.10 bits per heavy atom. The molecule has 2 aliphatic heterocycles. The van der Waals surface area contributed by atoms with Crippen molar-refractivity contribution in [3.05, 3.63) is 84.1 Å². The highest BCUT2D eigenvalue weighted by Crippen LogP contribution is 2.37. The quantitative estimate of drug-likeness (QED) is 0.464. The molecule has 202 valence electrons. The highest BCUT2D eigenvalue weighted by Gasteiger charge is 2.28. The standard InChI is InChI=1S/C27H29N9O.C2H6/c28-24-13-19-7-6-18(12-22(19)33-35(24)20-4-2-1-3-5-20)21-14-23(36-26(21)27(30)31-16-32-36)17-8-10-34(11-9-17)15-25(29)37;1-2/h1-7,12-14,16-17,19H,8-11,15,28H2,(H2,29,37)(H2,30,31,32);1-2H3. The lowest BCUT2D eigenvalue weighted by Gasteiger charge is -2.30. The molecule has 1 atom stereocenters. The first-order chi connectivity index (χ1) is 19.0. The van der Waals surface area contributed by atoms with Gasteiger partial charge in [0.1, 0.15) is 17.7 Å². The number of benzene rings is 1. The van der Waals surface area contributed by atoms with E-state index >= 15 is 0 Å². The minimum atomic E-state index is -0.295. The first kappa shape index (κ1) is 26.2. The molecule has 10 nitrogen and oxygen atoms in total. The summed E-state index contributed by atoms with van der Waals surface area (Å²) in [5.74, 6) is 1.01. The van der Waals surface area contributed by atoms with Crippen molar-refractivity contribution in [3.8, 4) is 0 Å². The van der Waals surface area contributed by atoms with Crippen molar-refractivity contribution in [2.45, 2.75) is 32.6 Å². The SMILES string of the molecule is CC.NC(=O)CN1CCC(c2cc(C3=CC4=NN(c5ccccc5)C(N)=CC4C=C3)c3c(N)ncnn23)CC1. The molecule has 1 amide bonds. The minimum absolute atomic E-state index is 0.000224. The van der Waals surface area contributed by atoms with Crippen LogP contribution < -0.4 is 22.2 Å². The second kappa shape index (κ2) is 11.1. The van der Waals surface area contributed by atoms with Gasteiger partial charge in [-0.3, -0.25) is 9.69 Å². The van der Waals surface area contributed by atoms with Crippen molar-refractivity contribution < 1.29 is 4.79 Å². The van der Waals surface area contributed by atoms with Gasteiger partial charge in [0.05, 0.1) is 17.9 Å². The Kier molecular flexibility index (Phi) is 7.47. The minimum Gasteiger partial charge on any atom is -0.384 e. The van der Waals surface area contributed by atoms with Crippen molar-refractivity contribution in [1.29, 1.82) is 0 Å². The highest BCUT2D eigenvalue weighted by molar-refractivity contribution is 6.10. The zero-order chi connectivity index (χ0) is 27.5. The van der Waals surface area contributed by atoms with Gasteiger partial charge in [0, 0.05) is 23.1 Å². The van der Waals surface area contributed by atoms with Gasteiger partial charge >= 0.3 is 0 Å². The van der Waals surface area contributed by atoms with Crippen LogP contribution in [0.25, 0.3) is 11.1 Å². The monoisotopic (exact) mass is 525 g/mol. The molecule has 3 aliphatic rings. The van der Waals surface area contributed by atoms with Crippen LogP contribution in [0.4, 0.5) is 11.5 Å². The molecule has 2 aromatic heterocycles. The molecular formula is C29H35N9O. The number of likely N-dealkylation sites (tertiary alicyclic amines) is 1. The van der Waals surface area contributed by atoms with Gasteiger partial charge in [0.25, 0.3) is 0 Å². The summed E-state index contributed by atoms with van der Waals surface area (Å²) in [4.78, 5) is 17.7. The third kappa shape index (κ3) is 5.15. The third-order valence-corrected chi connectivity index (χ3v) is 7.25. The average molecular weight is 526 g/mol. The van der Waals surface area contributed by atoms with Gasteiger partial charge in [-0.05, 0) is 61.9 Å². The number of para-hydroxylation sites is 1. The van der Waals surface area contributed by atoms with Crippen LogP contribution in [0.5, 0.6) is 0 Å². The Morgan fingerprint density at radius 2 is 1.85 bits per heavy atom. The molecule has 4 heterocycles. The van der Waals surface area contributed by atoms with Crippen LogP contribution in [0.3, 0.4) is 0 Å². The Morgan fingerprint density at radius 3 is 2.56 bits per heavy atom. The topological polar surface area (TPSA) is 144 Å². The number of amides is 1. The number of fused-ring (bicyclic) bond motifs is 2. The van der Waals surface area contributed by atoms with Gasteiger partial charge in [0.15, 0.2) is 5.82 Å². The molecule has 1 saturated heterocycles.